The summed E-state index contributed by atoms with van der Waals surface area (Å²) in [6.07, 6.45) is 6.61. The van der Waals surface area contributed by atoms with E-state index in [1.807, 2.05) is 25.1 Å². The van der Waals surface area contributed by atoms with E-state index in [4.69, 9.17) is 20.6 Å². The van der Waals surface area contributed by atoms with Crippen LogP contribution in [0.3, 0.4) is 0 Å². The minimum atomic E-state index is -0.280. The number of carbonyl (C=O) groups is 2. The maximum atomic E-state index is 13.2. The van der Waals surface area contributed by atoms with Gasteiger partial charge in [-0.3, -0.25) is 14.3 Å². The van der Waals surface area contributed by atoms with E-state index in [0.717, 1.165) is 21.3 Å². The SMILES string of the molecule is C#CCNC(=O)n1c(C)cc2cc(Oc3ccnc4cc(C(=O)N5CC(OC)C(OC)C5)sc34)ccc21. The van der Waals surface area contributed by atoms with E-state index in [2.05, 4.69) is 16.2 Å². The van der Waals surface area contributed by atoms with Gasteiger partial charge in [-0.25, -0.2) is 4.79 Å². The lowest BCUT2D eigenvalue weighted by Crippen LogP contribution is -2.29. The molecule has 1 saturated heterocycles. The fourth-order valence-electron chi connectivity index (χ4n) is 4.62. The van der Waals surface area contributed by atoms with Crippen LogP contribution in [0, 0.1) is 19.3 Å². The Kier molecular flexibility index (Phi) is 6.84. The first kappa shape index (κ1) is 24.8. The molecule has 190 valence electrons. The summed E-state index contributed by atoms with van der Waals surface area (Å²) >= 11 is 1.34. The number of benzene rings is 1. The first-order chi connectivity index (χ1) is 17.9. The van der Waals surface area contributed by atoms with Crippen LogP contribution in [0.5, 0.6) is 11.5 Å². The van der Waals surface area contributed by atoms with Crippen molar-refractivity contribution in [2.24, 2.45) is 0 Å². The molecule has 2 amide bonds. The molecule has 10 heteroatoms. The molecule has 1 fully saturated rings. The molecular weight excluding hydrogens is 492 g/mol. The Hall–Kier alpha value is -3.91. The topological polar surface area (TPSA) is 94.9 Å². The van der Waals surface area contributed by atoms with Crippen molar-refractivity contribution in [2.45, 2.75) is 19.1 Å². The van der Waals surface area contributed by atoms with Crippen molar-refractivity contribution < 1.29 is 23.8 Å². The minimum absolute atomic E-state index is 0.0862. The van der Waals surface area contributed by atoms with Gasteiger partial charge >= 0.3 is 6.03 Å². The molecule has 2 atom stereocenters. The van der Waals surface area contributed by atoms with Crippen molar-refractivity contribution in [1.29, 1.82) is 0 Å². The van der Waals surface area contributed by atoms with Gasteiger partial charge in [0.1, 0.15) is 23.7 Å². The molecule has 3 aromatic heterocycles. The minimum Gasteiger partial charge on any atom is -0.456 e. The van der Waals surface area contributed by atoms with E-state index in [1.165, 1.54) is 11.3 Å². The predicted octanol–water partition coefficient (Wildman–Crippen LogP) is 4.03. The smallest absolute Gasteiger partial charge is 0.327 e. The van der Waals surface area contributed by atoms with Gasteiger partial charge in [-0.05, 0) is 37.3 Å². The van der Waals surface area contributed by atoms with E-state index in [9.17, 15) is 9.59 Å². The lowest BCUT2D eigenvalue weighted by Gasteiger charge is -2.14. The van der Waals surface area contributed by atoms with E-state index in [1.54, 1.807) is 48.1 Å². The lowest BCUT2D eigenvalue weighted by molar-refractivity contribution is -0.00461. The van der Waals surface area contributed by atoms with Gasteiger partial charge in [0.2, 0.25) is 0 Å². The normalized spacial score (nSPS) is 17.3. The van der Waals surface area contributed by atoms with E-state index in [0.29, 0.717) is 35.0 Å². The van der Waals surface area contributed by atoms with Crippen LogP contribution >= 0.6 is 11.3 Å². The van der Waals surface area contributed by atoms with Crippen LogP contribution in [0.25, 0.3) is 21.1 Å². The number of likely N-dealkylation sites (tertiary alicyclic amines) is 1. The molecule has 1 aromatic carbocycles. The number of hydrogen-bond donors (Lipinski definition) is 1. The molecule has 9 nitrogen and oxygen atoms in total. The van der Waals surface area contributed by atoms with E-state index < -0.39 is 0 Å². The number of rotatable bonds is 6. The largest absolute Gasteiger partial charge is 0.456 e. The Morgan fingerprint density at radius 2 is 1.92 bits per heavy atom. The van der Waals surface area contributed by atoms with Gasteiger partial charge in [0, 0.05) is 50.7 Å². The second-order valence-electron chi connectivity index (χ2n) is 8.70. The first-order valence-electron chi connectivity index (χ1n) is 11.7. The number of methoxy groups -OCH3 is 2. The number of amides is 2. The summed E-state index contributed by atoms with van der Waals surface area (Å²) in [5.74, 6) is 3.53. The third-order valence-corrected chi connectivity index (χ3v) is 7.55. The number of terminal acetylenes is 1. The van der Waals surface area contributed by atoms with Gasteiger partial charge in [0.05, 0.1) is 27.2 Å². The third kappa shape index (κ3) is 4.64. The number of hydrogen-bond acceptors (Lipinski definition) is 7. The number of carbonyl (C=O) groups excluding carboxylic acids is 2. The molecular formula is C27H26N4O5S. The van der Waals surface area contributed by atoms with Gasteiger partial charge in [-0.15, -0.1) is 17.8 Å². The monoisotopic (exact) mass is 518 g/mol. The van der Waals surface area contributed by atoms with Crippen LogP contribution in [0.2, 0.25) is 0 Å². The summed E-state index contributed by atoms with van der Waals surface area (Å²) in [5, 5.41) is 3.55. The van der Waals surface area contributed by atoms with Crippen molar-refractivity contribution >= 4 is 44.4 Å². The molecule has 0 aliphatic carbocycles. The van der Waals surface area contributed by atoms with Crippen molar-refractivity contribution in [2.75, 3.05) is 33.9 Å². The van der Waals surface area contributed by atoms with Gasteiger partial charge < -0.3 is 24.4 Å². The Morgan fingerprint density at radius 3 is 2.62 bits per heavy atom. The zero-order chi connectivity index (χ0) is 26.1. The molecule has 0 saturated carbocycles. The highest BCUT2D eigenvalue weighted by molar-refractivity contribution is 7.21. The Morgan fingerprint density at radius 1 is 1.16 bits per heavy atom. The highest BCUT2D eigenvalue weighted by atomic mass is 32.1. The maximum absolute atomic E-state index is 13.2. The van der Waals surface area contributed by atoms with Gasteiger partial charge in [0.15, 0.2) is 0 Å². The summed E-state index contributed by atoms with van der Waals surface area (Å²) in [6.45, 7) is 2.95. The number of aromatic nitrogens is 2. The number of pyridine rings is 1. The molecule has 0 radical (unpaired) electrons. The van der Waals surface area contributed by atoms with Crippen LogP contribution in [0.4, 0.5) is 4.79 Å². The average molecular weight is 519 g/mol. The molecule has 1 N–H and O–H groups in total. The molecule has 5 rings (SSSR count). The number of nitrogens with one attached hydrogen (secondary N) is 1. The third-order valence-electron chi connectivity index (χ3n) is 6.42. The lowest BCUT2D eigenvalue weighted by atomic mass is 10.2. The van der Waals surface area contributed by atoms with Crippen LogP contribution in [0.1, 0.15) is 15.4 Å². The summed E-state index contributed by atoms with van der Waals surface area (Å²) in [7, 11) is 3.25. The summed E-state index contributed by atoms with van der Waals surface area (Å²) in [5.41, 5.74) is 2.21. The molecule has 1 aliphatic heterocycles. The number of ether oxygens (including phenoxy) is 3. The number of fused-ring (bicyclic) bond motifs is 2. The maximum Gasteiger partial charge on any atom is 0.327 e. The fraction of sp³-hybridized carbons (Fsp3) is 0.296. The van der Waals surface area contributed by atoms with Gasteiger partial charge in [-0.1, -0.05) is 5.92 Å². The Balaban J connectivity index is 1.40. The molecule has 0 spiro atoms. The van der Waals surface area contributed by atoms with Crippen molar-refractivity contribution in [1.82, 2.24) is 19.8 Å². The molecule has 4 aromatic rings. The second kappa shape index (κ2) is 10.2. The molecule has 2 unspecified atom stereocenters. The van der Waals surface area contributed by atoms with Crippen LogP contribution in [0.15, 0.2) is 42.6 Å². The summed E-state index contributed by atoms with van der Waals surface area (Å²) in [6, 6.07) is 10.7. The van der Waals surface area contributed by atoms with Crippen LogP contribution < -0.4 is 10.1 Å². The summed E-state index contributed by atoms with van der Waals surface area (Å²) < 4.78 is 19.5. The number of nitrogens with zero attached hydrogens (tertiary/aromatic N) is 3. The van der Waals surface area contributed by atoms with Crippen molar-refractivity contribution in [3.05, 3.63) is 53.2 Å². The quantitative estimate of drug-likeness (QED) is 0.388. The zero-order valence-electron chi connectivity index (χ0n) is 20.7. The molecule has 4 heterocycles. The number of aryl methyl sites for hydroxylation is 1. The van der Waals surface area contributed by atoms with Gasteiger partial charge in [-0.2, -0.15) is 0 Å². The van der Waals surface area contributed by atoms with Crippen molar-refractivity contribution in [3.8, 4) is 23.8 Å². The zero-order valence-corrected chi connectivity index (χ0v) is 21.5. The average Bonchev–Trinajstić information content (AvgIpc) is 3.61. The van der Waals surface area contributed by atoms with Crippen LogP contribution in [-0.4, -0.2) is 72.5 Å². The predicted molar refractivity (Wildman–Crippen MR) is 141 cm³/mol. The molecule has 0 bridgehead atoms. The highest BCUT2D eigenvalue weighted by Crippen LogP contribution is 2.37. The molecule has 1 aliphatic rings. The fourth-order valence-corrected chi connectivity index (χ4v) is 5.65. The van der Waals surface area contributed by atoms with Crippen molar-refractivity contribution in [3.63, 3.8) is 0 Å². The standard InChI is InChI=1S/C27H26N4O5S/c1-5-9-29-27(33)31-16(2)11-17-12-18(6-7-20(17)31)36-21-8-10-28-19-13-24(37-25(19)21)26(32)30-14-22(34-3)23(15-30)35-4/h1,6-8,10-13,22-23H,9,14-15H2,2-4H3,(H,29,33). The summed E-state index contributed by atoms with van der Waals surface area (Å²) in [4.78, 5) is 32.5. The van der Waals surface area contributed by atoms with Crippen LogP contribution in [-0.2, 0) is 9.47 Å². The Labute approximate surface area is 217 Å². The van der Waals surface area contributed by atoms with E-state index >= 15 is 0 Å². The highest BCUT2D eigenvalue weighted by Gasteiger charge is 2.36. The first-order valence-corrected chi connectivity index (χ1v) is 12.5. The molecule has 37 heavy (non-hydrogen) atoms. The second-order valence-corrected chi connectivity index (χ2v) is 9.75. The number of thiophene rings is 1. The van der Waals surface area contributed by atoms with E-state index in [-0.39, 0.29) is 30.7 Å². The van der Waals surface area contributed by atoms with Gasteiger partial charge in [0.25, 0.3) is 5.91 Å². The Bertz CT molecular complexity index is 1520.